The van der Waals surface area contributed by atoms with E-state index >= 15 is 0 Å². The summed E-state index contributed by atoms with van der Waals surface area (Å²) in [7, 11) is 0. The molecule has 12 heteroatoms. The van der Waals surface area contributed by atoms with Crippen LogP contribution in [0.1, 0.15) is 30.4 Å². The van der Waals surface area contributed by atoms with Crippen molar-refractivity contribution in [2.45, 2.75) is 50.5 Å². The Hall–Kier alpha value is -2.89. The summed E-state index contributed by atoms with van der Waals surface area (Å²) in [6.45, 7) is 1.36. The van der Waals surface area contributed by atoms with Crippen LogP contribution in [0.2, 0.25) is 10.0 Å². The van der Waals surface area contributed by atoms with Gasteiger partial charge >= 0.3 is 5.97 Å². The highest BCUT2D eigenvalue weighted by molar-refractivity contribution is 6.35. The number of carboxylic acids is 1. The summed E-state index contributed by atoms with van der Waals surface area (Å²) in [5.41, 5.74) is 4.08. The topological polar surface area (TPSA) is 126 Å². The van der Waals surface area contributed by atoms with E-state index in [4.69, 9.17) is 37.4 Å². The molecule has 2 aromatic carbocycles. The number of carboxylic acid groups (broad SMARTS) is 1. The number of hydrogen-bond donors (Lipinski definition) is 3. The molecule has 2 amide bonds. The molecule has 0 bridgehead atoms. The van der Waals surface area contributed by atoms with Crippen LogP contribution in [-0.4, -0.2) is 66.0 Å². The molecule has 0 aliphatic carbocycles. The standard InChI is InChI=1S/C26H29Cl2N3O7/c27-19-5-4-6-20(28)18(19)14-36-17-9-7-16(8-10-17)13-21(26(34)35)29-24(32)22-23(38-15-37-22)25(33)30-31-11-2-1-3-12-31/h4-10,21-23H,1-3,11-15H2,(H,29,32)(H,30,33)(H,34,35)/t21?,22-,23-/m1/s1. The minimum Gasteiger partial charge on any atom is -0.489 e. The van der Waals surface area contributed by atoms with E-state index in [1.165, 1.54) is 0 Å². The number of carbonyl (C=O) groups is 3. The monoisotopic (exact) mass is 565 g/mol. The van der Waals surface area contributed by atoms with Crippen molar-refractivity contribution in [3.05, 3.63) is 63.6 Å². The summed E-state index contributed by atoms with van der Waals surface area (Å²) in [4.78, 5) is 37.4. The highest BCUT2D eigenvalue weighted by Gasteiger charge is 2.42. The van der Waals surface area contributed by atoms with Crippen LogP contribution in [0.3, 0.4) is 0 Å². The Morgan fingerprint density at radius 3 is 2.24 bits per heavy atom. The molecule has 2 saturated heterocycles. The number of rotatable bonds is 10. The summed E-state index contributed by atoms with van der Waals surface area (Å²) in [5, 5.41) is 15.0. The molecule has 0 saturated carbocycles. The lowest BCUT2D eigenvalue weighted by atomic mass is 10.0. The second kappa shape index (κ2) is 13.3. The molecule has 0 aromatic heterocycles. The minimum atomic E-state index is -1.26. The molecular weight excluding hydrogens is 537 g/mol. The Kier molecular flexibility index (Phi) is 9.81. The van der Waals surface area contributed by atoms with Crippen LogP contribution in [-0.2, 0) is 36.9 Å². The zero-order valence-electron chi connectivity index (χ0n) is 20.5. The van der Waals surface area contributed by atoms with Gasteiger partial charge in [-0.15, -0.1) is 0 Å². The predicted octanol–water partition coefficient (Wildman–Crippen LogP) is 2.94. The lowest BCUT2D eigenvalue weighted by Crippen LogP contribution is -2.55. The summed E-state index contributed by atoms with van der Waals surface area (Å²) in [6.07, 6.45) is 0.619. The van der Waals surface area contributed by atoms with E-state index in [1.807, 2.05) is 0 Å². The van der Waals surface area contributed by atoms with Gasteiger partial charge < -0.3 is 24.6 Å². The molecule has 0 spiro atoms. The summed E-state index contributed by atoms with van der Waals surface area (Å²) >= 11 is 12.3. The van der Waals surface area contributed by atoms with Crippen LogP contribution >= 0.6 is 23.2 Å². The number of hydrogen-bond acceptors (Lipinski definition) is 7. The minimum absolute atomic E-state index is 0.00983. The molecule has 2 aliphatic rings. The first kappa shape index (κ1) is 28.1. The van der Waals surface area contributed by atoms with E-state index in [1.54, 1.807) is 47.5 Å². The maximum absolute atomic E-state index is 12.9. The fourth-order valence-corrected chi connectivity index (χ4v) is 4.76. The second-order valence-corrected chi connectivity index (χ2v) is 9.87. The van der Waals surface area contributed by atoms with E-state index in [2.05, 4.69) is 10.7 Å². The van der Waals surface area contributed by atoms with E-state index in [0.717, 1.165) is 32.4 Å². The first-order valence-corrected chi connectivity index (χ1v) is 13.0. The number of piperidine rings is 1. The smallest absolute Gasteiger partial charge is 0.326 e. The molecule has 2 fully saturated rings. The number of hydrazine groups is 1. The number of aliphatic carboxylic acids is 1. The number of nitrogens with zero attached hydrogens (tertiary/aromatic N) is 1. The van der Waals surface area contributed by atoms with Crippen molar-refractivity contribution in [3.63, 3.8) is 0 Å². The van der Waals surface area contributed by atoms with Crippen molar-refractivity contribution >= 4 is 41.0 Å². The molecule has 204 valence electrons. The van der Waals surface area contributed by atoms with Gasteiger partial charge in [-0.1, -0.05) is 47.8 Å². The van der Waals surface area contributed by atoms with Gasteiger partial charge in [0.15, 0.2) is 12.2 Å². The van der Waals surface area contributed by atoms with Gasteiger partial charge in [0.2, 0.25) is 0 Å². The van der Waals surface area contributed by atoms with Gasteiger partial charge in [0, 0.05) is 35.1 Å². The third kappa shape index (κ3) is 7.36. The van der Waals surface area contributed by atoms with E-state index in [9.17, 15) is 19.5 Å². The molecular formula is C26H29Cl2N3O7. The van der Waals surface area contributed by atoms with Crippen LogP contribution in [0.4, 0.5) is 0 Å². The van der Waals surface area contributed by atoms with Gasteiger partial charge in [-0.3, -0.25) is 15.0 Å². The molecule has 10 nitrogen and oxygen atoms in total. The fraction of sp³-hybridized carbons (Fsp3) is 0.423. The van der Waals surface area contributed by atoms with Gasteiger partial charge in [-0.05, 0) is 42.7 Å². The Labute approximate surface area is 230 Å². The molecule has 2 aromatic rings. The number of nitrogens with one attached hydrogen (secondary N) is 2. The molecule has 0 radical (unpaired) electrons. The molecule has 2 aliphatic heterocycles. The molecule has 2 heterocycles. The highest BCUT2D eigenvalue weighted by Crippen LogP contribution is 2.26. The van der Waals surface area contributed by atoms with Crippen molar-refractivity contribution in [2.75, 3.05) is 19.9 Å². The Morgan fingerprint density at radius 2 is 1.61 bits per heavy atom. The molecule has 1 unspecified atom stereocenters. The van der Waals surface area contributed by atoms with Crippen molar-refractivity contribution in [3.8, 4) is 5.75 Å². The SMILES string of the molecule is O=C(O)C(Cc1ccc(OCc2c(Cl)cccc2Cl)cc1)NC(=O)[C@@H]1OCO[C@H]1C(=O)NN1CCCCC1. The molecule has 3 N–H and O–H groups in total. The summed E-state index contributed by atoms with van der Waals surface area (Å²) in [5.74, 6) is -1.91. The second-order valence-electron chi connectivity index (χ2n) is 9.05. The van der Waals surface area contributed by atoms with Gasteiger partial charge in [0.05, 0.1) is 0 Å². The summed E-state index contributed by atoms with van der Waals surface area (Å²) in [6, 6.07) is 10.7. The van der Waals surface area contributed by atoms with E-state index < -0.39 is 36.0 Å². The maximum atomic E-state index is 12.9. The largest absolute Gasteiger partial charge is 0.489 e. The van der Waals surface area contributed by atoms with E-state index in [0.29, 0.717) is 26.9 Å². The Balaban J connectivity index is 1.32. The summed E-state index contributed by atoms with van der Waals surface area (Å²) < 4.78 is 16.4. The lowest BCUT2D eigenvalue weighted by molar-refractivity contribution is -0.145. The quantitative estimate of drug-likeness (QED) is 0.401. The van der Waals surface area contributed by atoms with Crippen LogP contribution in [0.25, 0.3) is 0 Å². The first-order chi connectivity index (χ1) is 18.3. The molecule has 3 atom stereocenters. The lowest BCUT2D eigenvalue weighted by Gasteiger charge is -2.28. The van der Waals surface area contributed by atoms with Gasteiger partial charge in [-0.2, -0.15) is 0 Å². The van der Waals surface area contributed by atoms with Crippen molar-refractivity contribution in [1.29, 1.82) is 0 Å². The number of benzene rings is 2. The number of amides is 2. The third-order valence-corrected chi connectivity index (χ3v) is 7.04. The van der Waals surface area contributed by atoms with E-state index in [-0.39, 0.29) is 19.8 Å². The molecule has 4 rings (SSSR count). The van der Waals surface area contributed by atoms with Crippen LogP contribution in [0.5, 0.6) is 5.75 Å². The Bertz CT molecular complexity index is 1120. The van der Waals surface area contributed by atoms with Gasteiger partial charge in [0.1, 0.15) is 25.2 Å². The van der Waals surface area contributed by atoms with Crippen LogP contribution < -0.4 is 15.5 Å². The third-order valence-electron chi connectivity index (χ3n) is 6.33. The van der Waals surface area contributed by atoms with Crippen molar-refractivity contribution in [2.24, 2.45) is 0 Å². The van der Waals surface area contributed by atoms with Crippen molar-refractivity contribution in [1.82, 2.24) is 15.8 Å². The Morgan fingerprint density at radius 1 is 0.974 bits per heavy atom. The predicted molar refractivity (Wildman–Crippen MR) is 139 cm³/mol. The highest BCUT2D eigenvalue weighted by atomic mass is 35.5. The van der Waals surface area contributed by atoms with Crippen LogP contribution in [0.15, 0.2) is 42.5 Å². The first-order valence-electron chi connectivity index (χ1n) is 12.3. The zero-order chi connectivity index (χ0) is 27.1. The fourth-order valence-electron chi connectivity index (χ4n) is 4.25. The van der Waals surface area contributed by atoms with Gasteiger partial charge in [0.25, 0.3) is 11.8 Å². The zero-order valence-corrected chi connectivity index (χ0v) is 22.0. The average molecular weight is 566 g/mol. The number of carbonyl (C=O) groups excluding carboxylic acids is 2. The molecule has 38 heavy (non-hydrogen) atoms. The average Bonchev–Trinajstić information content (AvgIpc) is 3.40. The maximum Gasteiger partial charge on any atom is 0.326 e. The normalized spacial score (nSPS) is 20.5. The van der Waals surface area contributed by atoms with Gasteiger partial charge in [-0.25, -0.2) is 9.80 Å². The number of ether oxygens (including phenoxy) is 3. The van der Waals surface area contributed by atoms with Crippen molar-refractivity contribution < 1.29 is 33.7 Å². The van der Waals surface area contributed by atoms with Crippen LogP contribution in [0, 0.1) is 0 Å². The number of halogens is 2.